The van der Waals surface area contributed by atoms with Crippen LogP contribution in [0, 0.1) is 34.5 Å². The summed E-state index contributed by atoms with van der Waals surface area (Å²) < 4.78 is 4.97. The number of nitrogens with one attached hydrogen (secondary N) is 2. The van der Waals surface area contributed by atoms with Crippen molar-refractivity contribution in [2.45, 2.75) is 18.5 Å². The van der Waals surface area contributed by atoms with Gasteiger partial charge in [-0.05, 0) is 12.5 Å². The highest BCUT2D eigenvalue weighted by Crippen LogP contribution is 2.49. The second-order valence-corrected chi connectivity index (χ2v) is 6.24. The van der Waals surface area contributed by atoms with Gasteiger partial charge in [-0.2, -0.15) is 10.5 Å². The minimum atomic E-state index is -1.16. The third-order valence-corrected chi connectivity index (χ3v) is 4.84. The van der Waals surface area contributed by atoms with Gasteiger partial charge in [-0.1, -0.05) is 30.3 Å². The van der Waals surface area contributed by atoms with E-state index < -0.39 is 29.4 Å². The van der Waals surface area contributed by atoms with Gasteiger partial charge in [0.2, 0.25) is 5.91 Å². The summed E-state index contributed by atoms with van der Waals surface area (Å²) in [5, 5.41) is 24.3. The molecule has 3 aliphatic rings. The Kier molecular flexibility index (Phi) is 3.94. The van der Waals surface area contributed by atoms with Crippen LogP contribution in [0.25, 0.3) is 0 Å². The molecule has 126 valence electrons. The van der Waals surface area contributed by atoms with E-state index in [9.17, 15) is 20.1 Å². The summed E-state index contributed by atoms with van der Waals surface area (Å²) in [5.74, 6) is -2.88. The number of hydrogen-bond acceptors (Lipinski definition) is 6. The van der Waals surface area contributed by atoms with Crippen molar-refractivity contribution >= 4 is 11.9 Å². The Labute approximate surface area is 144 Å². The van der Waals surface area contributed by atoms with Crippen LogP contribution in [0.5, 0.6) is 0 Å². The Morgan fingerprint density at radius 2 is 1.84 bits per heavy atom. The van der Waals surface area contributed by atoms with Crippen LogP contribution in [0.4, 0.5) is 0 Å². The first-order valence-electron chi connectivity index (χ1n) is 7.74. The molecule has 1 amide bonds. The van der Waals surface area contributed by atoms with Crippen LogP contribution in [0.2, 0.25) is 0 Å². The van der Waals surface area contributed by atoms with E-state index >= 15 is 0 Å². The number of amides is 1. The minimum Gasteiger partial charge on any atom is -0.469 e. The van der Waals surface area contributed by atoms with Gasteiger partial charge in [0, 0.05) is 5.92 Å². The van der Waals surface area contributed by atoms with Gasteiger partial charge in [-0.25, -0.2) is 0 Å². The second-order valence-electron chi connectivity index (χ2n) is 6.24. The molecule has 1 aromatic carbocycles. The number of allylic oxidation sites excluding steroid dienone is 1. The molecular formula is C18H16N4O3. The standard InChI is InChI=1S/C18H16N4O3/c1-18-14(17(24)25-2)12(10-6-4-3-5-7-10)13(16(23)22-18)15(21-18)11(8-19)9-20/h3-7,12-14,21H,1-2H3,(H,22,23)/t12-,13+,14+,18+/m0/s1. The van der Waals surface area contributed by atoms with Crippen LogP contribution in [0.15, 0.2) is 41.6 Å². The Bertz CT molecular complexity index is 833. The molecule has 1 aromatic rings. The van der Waals surface area contributed by atoms with Crippen molar-refractivity contribution < 1.29 is 14.3 Å². The van der Waals surface area contributed by atoms with Crippen LogP contribution in [-0.4, -0.2) is 24.6 Å². The lowest BCUT2D eigenvalue weighted by Crippen LogP contribution is -2.75. The molecule has 0 aromatic heterocycles. The molecule has 0 saturated carbocycles. The summed E-state index contributed by atoms with van der Waals surface area (Å²) in [7, 11) is 1.30. The molecule has 2 N–H and O–H groups in total. The van der Waals surface area contributed by atoms with Crippen molar-refractivity contribution in [1.29, 1.82) is 10.5 Å². The van der Waals surface area contributed by atoms with Gasteiger partial charge in [0.05, 0.1) is 18.7 Å². The number of carbonyl (C=O) groups excluding carboxylic acids is 2. The zero-order valence-electron chi connectivity index (χ0n) is 13.7. The number of rotatable bonds is 2. The van der Waals surface area contributed by atoms with Crippen molar-refractivity contribution in [3.63, 3.8) is 0 Å². The molecule has 3 saturated heterocycles. The van der Waals surface area contributed by atoms with Crippen molar-refractivity contribution in [1.82, 2.24) is 10.6 Å². The maximum absolute atomic E-state index is 12.7. The highest BCUT2D eigenvalue weighted by Gasteiger charge is 2.61. The van der Waals surface area contributed by atoms with Gasteiger partial charge < -0.3 is 15.4 Å². The average Bonchev–Trinajstić information content (AvgIpc) is 2.61. The zero-order chi connectivity index (χ0) is 18.2. The molecule has 25 heavy (non-hydrogen) atoms. The van der Waals surface area contributed by atoms with E-state index in [1.165, 1.54) is 7.11 Å². The number of carbonyl (C=O) groups is 2. The van der Waals surface area contributed by atoms with Gasteiger partial charge in [0.15, 0.2) is 0 Å². The largest absolute Gasteiger partial charge is 0.469 e. The molecule has 0 unspecified atom stereocenters. The summed E-state index contributed by atoms with van der Waals surface area (Å²) in [6.07, 6.45) is 0. The number of fused-ring (bicyclic) bond motifs is 3. The van der Waals surface area contributed by atoms with Crippen molar-refractivity contribution in [3.8, 4) is 12.1 Å². The Morgan fingerprint density at radius 3 is 2.40 bits per heavy atom. The molecule has 3 fully saturated rings. The summed E-state index contributed by atoms with van der Waals surface area (Å²) in [6.45, 7) is 1.66. The maximum Gasteiger partial charge on any atom is 0.313 e. The SMILES string of the molecule is COC(=O)[C@H]1[C@@H](c2ccccc2)[C@H]2C(=O)N[C@@]1(C)NC2=C(C#N)C#N. The number of nitrogens with zero attached hydrogens (tertiary/aromatic N) is 2. The quantitative estimate of drug-likeness (QED) is 0.613. The predicted octanol–water partition coefficient (Wildman–Crippen LogP) is 0.926. The zero-order valence-corrected chi connectivity index (χ0v) is 13.7. The van der Waals surface area contributed by atoms with Crippen molar-refractivity contribution in [3.05, 3.63) is 47.2 Å². The number of benzene rings is 1. The van der Waals surface area contributed by atoms with Gasteiger partial charge in [0.1, 0.15) is 29.3 Å². The van der Waals surface area contributed by atoms with E-state index in [0.29, 0.717) is 0 Å². The first kappa shape index (κ1) is 16.5. The monoisotopic (exact) mass is 336 g/mol. The van der Waals surface area contributed by atoms with Gasteiger partial charge in [-0.15, -0.1) is 0 Å². The first-order chi connectivity index (χ1) is 12.0. The van der Waals surface area contributed by atoms with E-state index in [2.05, 4.69) is 10.6 Å². The van der Waals surface area contributed by atoms with Crippen LogP contribution in [0.3, 0.4) is 0 Å². The third-order valence-electron chi connectivity index (χ3n) is 4.84. The maximum atomic E-state index is 12.7. The average molecular weight is 336 g/mol. The van der Waals surface area contributed by atoms with Crippen LogP contribution in [-0.2, 0) is 14.3 Å². The fourth-order valence-electron chi connectivity index (χ4n) is 3.84. The molecule has 0 spiro atoms. The lowest BCUT2D eigenvalue weighted by Gasteiger charge is -2.55. The Morgan fingerprint density at radius 1 is 1.20 bits per heavy atom. The number of esters is 1. The fourth-order valence-corrected chi connectivity index (χ4v) is 3.84. The van der Waals surface area contributed by atoms with Crippen LogP contribution in [0.1, 0.15) is 18.4 Å². The lowest BCUT2D eigenvalue weighted by atomic mass is 9.63. The molecule has 3 heterocycles. The summed E-state index contributed by atoms with van der Waals surface area (Å²) >= 11 is 0. The number of nitriles is 2. The van der Waals surface area contributed by atoms with Gasteiger partial charge in [-0.3, -0.25) is 9.59 Å². The molecule has 4 rings (SSSR count). The Balaban J connectivity index is 2.26. The normalized spacial score (nSPS) is 29.7. The van der Waals surface area contributed by atoms with Crippen molar-refractivity contribution in [2.24, 2.45) is 11.8 Å². The van der Waals surface area contributed by atoms with Gasteiger partial charge >= 0.3 is 5.97 Å². The number of hydrogen-bond donors (Lipinski definition) is 2. The summed E-state index contributed by atoms with van der Waals surface area (Å²) in [5.41, 5.74) is -0.285. The summed E-state index contributed by atoms with van der Waals surface area (Å²) in [6, 6.07) is 12.8. The molecule has 3 aliphatic heterocycles. The molecule has 0 aliphatic carbocycles. The van der Waals surface area contributed by atoms with E-state index in [4.69, 9.17) is 4.74 Å². The highest BCUT2D eigenvalue weighted by atomic mass is 16.5. The lowest BCUT2D eigenvalue weighted by molar-refractivity contribution is -0.158. The van der Waals surface area contributed by atoms with Crippen molar-refractivity contribution in [2.75, 3.05) is 7.11 Å². The van der Waals surface area contributed by atoms with Gasteiger partial charge in [0.25, 0.3) is 0 Å². The molecule has 4 atom stereocenters. The molecule has 0 radical (unpaired) electrons. The topological polar surface area (TPSA) is 115 Å². The summed E-state index contributed by atoms with van der Waals surface area (Å²) in [4.78, 5) is 25.2. The van der Waals surface area contributed by atoms with Crippen LogP contribution < -0.4 is 10.6 Å². The molecule has 2 bridgehead atoms. The smallest absolute Gasteiger partial charge is 0.313 e. The molecule has 7 heteroatoms. The van der Waals surface area contributed by atoms with Crippen LogP contribution >= 0.6 is 0 Å². The van der Waals surface area contributed by atoms with E-state index in [1.807, 2.05) is 42.5 Å². The number of methoxy groups -OCH3 is 1. The predicted molar refractivity (Wildman–Crippen MR) is 86.1 cm³/mol. The number of ether oxygens (including phenoxy) is 1. The third kappa shape index (κ3) is 2.41. The van der Waals surface area contributed by atoms with E-state index in [0.717, 1.165) is 5.56 Å². The molecule has 7 nitrogen and oxygen atoms in total. The Hall–Kier alpha value is -3.32. The van der Waals surface area contributed by atoms with E-state index in [-0.39, 0.29) is 17.2 Å². The fraction of sp³-hybridized carbons (Fsp3) is 0.333. The first-order valence-corrected chi connectivity index (χ1v) is 7.74. The second kappa shape index (κ2) is 5.95. The highest BCUT2D eigenvalue weighted by molar-refractivity contribution is 5.91. The van der Waals surface area contributed by atoms with E-state index in [1.54, 1.807) is 6.92 Å². The molecular weight excluding hydrogens is 320 g/mol. The number of piperidine rings is 2. The minimum absolute atomic E-state index is 0.157.